The average molecular weight is 154 g/mol. The van der Waals surface area contributed by atoms with E-state index in [9.17, 15) is 9.90 Å². The van der Waals surface area contributed by atoms with Crippen LogP contribution in [0.5, 0.6) is 0 Å². The van der Waals surface area contributed by atoms with Crippen molar-refractivity contribution in [3.05, 3.63) is 0 Å². The molecule has 0 radical (unpaired) electrons. The molecule has 0 aromatic rings. The van der Waals surface area contributed by atoms with Crippen molar-refractivity contribution >= 4 is 5.97 Å². The molecule has 0 aliphatic carbocycles. The first-order valence-electron chi connectivity index (χ1n) is 2.71. The quantitative estimate of drug-likeness (QED) is 0.397. The Morgan fingerprint density at radius 3 is 2.20 bits per heavy atom. The molecule has 10 heavy (non-hydrogen) atoms. The SMILES string of the molecule is CC(N)(CCN)C(=O)[O-].[Na+]. The summed E-state index contributed by atoms with van der Waals surface area (Å²) in [6.45, 7) is 1.65. The topological polar surface area (TPSA) is 92.2 Å². The molecular weight excluding hydrogens is 143 g/mol. The summed E-state index contributed by atoms with van der Waals surface area (Å²) in [6.07, 6.45) is 0.245. The maximum absolute atomic E-state index is 10.1. The van der Waals surface area contributed by atoms with Gasteiger partial charge in [-0.15, -0.1) is 0 Å². The summed E-state index contributed by atoms with van der Waals surface area (Å²) in [5.41, 5.74) is 9.04. The molecule has 0 aromatic carbocycles. The second-order valence-electron chi connectivity index (χ2n) is 2.24. The number of carboxylic acid groups (broad SMARTS) is 1. The minimum atomic E-state index is -1.27. The third-order valence-corrected chi connectivity index (χ3v) is 1.13. The number of aliphatic carboxylic acids is 1. The van der Waals surface area contributed by atoms with Crippen LogP contribution in [0.2, 0.25) is 0 Å². The smallest absolute Gasteiger partial charge is 0.548 e. The van der Waals surface area contributed by atoms with E-state index in [1.807, 2.05) is 0 Å². The standard InChI is InChI=1S/C5H12N2O2.Na/c1-5(7,2-3-6)4(8)9;/h2-3,6-7H2,1H3,(H,8,9);/q;+1/p-1. The van der Waals surface area contributed by atoms with Gasteiger partial charge in [0.25, 0.3) is 0 Å². The van der Waals surface area contributed by atoms with Gasteiger partial charge in [0.15, 0.2) is 0 Å². The monoisotopic (exact) mass is 154 g/mol. The molecule has 0 spiro atoms. The molecule has 0 fully saturated rings. The molecule has 0 rings (SSSR count). The van der Waals surface area contributed by atoms with Crippen LogP contribution in [0.1, 0.15) is 13.3 Å². The van der Waals surface area contributed by atoms with E-state index in [1.54, 1.807) is 0 Å². The van der Waals surface area contributed by atoms with Crippen molar-refractivity contribution in [2.24, 2.45) is 11.5 Å². The molecule has 0 aromatic heterocycles. The van der Waals surface area contributed by atoms with Gasteiger partial charge in [-0.25, -0.2) is 0 Å². The Hall–Kier alpha value is 0.390. The first-order valence-corrected chi connectivity index (χ1v) is 2.71. The minimum absolute atomic E-state index is 0. The normalized spacial score (nSPS) is 15.1. The van der Waals surface area contributed by atoms with Crippen molar-refractivity contribution in [3.63, 3.8) is 0 Å². The molecule has 0 bridgehead atoms. The number of hydrogen-bond donors (Lipinski definition) is 2. The third-order valence-electron chi connectivity index (χ3n) is 1.13. The molecule has 0 aliphatic rings. The summed E-state index contributed by atoms with van der Waals surface area (Å²) in [6, 6.07) is 0. The van der Waals surface area contributed by atoms with Crippen LogP contribution in [0.3, 0.4) is 0 Å². The Kier molecular flexibility index (Phi) is 6.63. The van der Waals surface area contributed by atoms with Crippen LogP contribution in [-0.4, -0.2) is 18.1 Å². The number of nitrogens with two attached hydrogens (primary N) is 2. The van der Waals surface area contributed by atoms with E-state index in [0.29, 0.717) is 0 Å². The van der Waals surface area contributed by atoms with E-state index in [0.717, 1.165) is 0 Å². The van der Waals surface area contributed by atoms with E-state index >= 15 is 0 Å². The van der Waals surface area contributed by atoms with Crippen molar-refractivity contribution in [3.8, 4) is 0 Å². The Bertz CT molecular complexity index is 116. The number of carbonyl (C=O) groups excluding carboxylic acids is 1. The Morgan fingerprint density at radius 2 is 2.10 bits per heavy atom. The zero-order valence-corrected chi connectivity index (χ0v) is 8.39. The average Bonchev–Trinajstić information content (AvgIpc) is 1.65. The molecule has 0 amide bonds. The van der Waals surface area contributed by atoms with Gasteiger partial charge in [-0.05, 0) is 19.9 Å². The van der Waals surface area contributed by atoms with Crippen molar-refractivity contribution in [1.82, 2.24) is 0 Å². The number of hydrogen-bond acceptors (Lipinski definition) is 4. The summed E-state index contributed by atoms with van der Waals surface area (Å²) in [4.78, 5) is 10.1. The third kappa shape index (κ3) is 4.24. The predicted octanol–water partition coefficient (Wildman–Crippen LogP) is -5.19. The summed E-state index contributed by atoms with van der Waals surface area (Å²) < 4.78 is 0. The fourth-order valence-corrected chi connectivity index (χ4v) is 0.402. The Balaban J connectivity index is 0. The van der Waals surface area contributed by atoms with Gasteiger partial charge >= 0.3 is 29.6 Å². The van der Waals surface area contributed by atoms with Crippen LogP contribution < -0.4 is 46.1 Å². The van der Waals surface area contributed by atoms with Crippen molar-refractivity contribution in [2.45, 2.75) is 18.9 Å². The summed E-state index contributed by atoms with van der Waals surface area (Å²) in [5, 5.41) is 10.1. The van der Waals surface area contributed by atoms with Crippen LogP contribution in [0.15, 0.2) is 0 Å². The Labute approximate surface area is 82.2 Å². The Morgan fingerprint density at radius 1 is 1.70 bits per heavy atom. The molecule has 0 heterocycles. The van der Waals surface area contributed by atoms with E-state index in [1.165, 1.54) is 6.92 Å². The van der Waals surface area contributed by atoms with Crippen LogP contribution >= 0.6 is 0 Å². The summed E-state index contributed by atoms with van der Waals surface area (Å²) >= 11 is 0. The van der Waals surface area contributed by atoms with Crippen LogP contribution in [0.25, 0.3) is 0 Å². The first kappa shape index (κ1) is 13.0. The molecule has 0 aliphatic heterocycles. The number of carboxylic acids is 1. The van der Waals surface area contributed by atoms with Gasteiger partial charge in [0, 0.05) is 0 Å². The van der Waals surface area contributed by atoms with Gasteiger partial charge < -0.3 is 21.4 Å². The number of carbonyl (C=O) groups is 1. The molecule has 4 nitrogen and oxygen atoms in total. The molecule has 0 saturated heterocycles. The fraction of sp³-hybridized carbons (Fsp3) is 0.800. The van der Waals surface area contributed by atoms with Crippen LogP contribution in [-0.2, 0) is 4.79 Å². The molecule has 0 saturated carbocycles. The maximum Gasteiger partial charge on any atom is 1.00 e. The second-order valence-corrected chi connectivity index (χ2v) is 2.24. The van der Waals surface area contributed by atoms with Crippen molar-refractivity contribution in [2.75, 3.05) is 6.54 Å². The molecular formula is C5H11N2NaO2. The second kappa shape index (κ2) is 5.09. The van der Waals surface area contributed by atoms with E-state index < -0.39 is 11.5 Å². The maximum atomic E-state index is 10.1. The molecule has 5 heteroatoms. The summed E-state index contributed by atoms with van der Waals surface area (Å²) in [5.74, 6) is -1.26. The van der Waals surface area contributed by atoms with Gasteiger partial charge in [0.1, 0.15) is 0 Å². The van der Waals surface area contributed by atoms with Gasteiger partial charge in [-0.3, -0.25) is 0 Å². The minimum Gasteiger partial charge on any atom is -0.548 e. The van der Waals surface area contributed by atoms with Crippen LogP contribution in [0.4, 0.5) is 0 Å². The largest absolute Gasteiger partial charge is 1.00 e. The van der Waals surface area contributed by atoms with Gasteiger partial charge in [-0.2, -0.15) is 0 Å². The first-order chi connectivity index (χ1) is 4.00. The number of rotatable bonds is 3. The summed E-state index contributed by atoms with van der Waals surface area (Å²) in [7, 11) is 0. The fourth-order valence-electron chi connectivity index (χ4n) is 0.402. The van der Waals surface area contributed by atoms with Crippen LogP contribution in [0, 0.1) is 0 Å². The molecule has 4 N–H and O–H groups in total. The zero-order chi connectivity index (χ0) is 7.49. The van der Waals surface area contributed by atoms with Gasteiger partial charge in [0.2, 0.25) is 0 Å². The van der Waals surface area contributed by atoms with E-state index in [-0.39, 0.29) is 42.5 Å². The molecule has 1 atom stereocenters. The van der Waals surface area contributed by atoms with Gasteiger partial charge in [0.05, 0.1) is 11.5 Å². The van der Waals surface area contributed by atoms with Crippen molar-refractivity contribution < 1.29 is 39.5 Å². The van der Waals surface area contributed by atoms with Crippen molar-refractivity contribution in [1.29, 1.82) is 0 Å². The zero-order valence-electron chi connectivity index (χ0n) is 6.39. The van der Waals surface area contributed by atoms with Gasteiger partial charge in [-0.1, -0.05) is 0 Å². The molecule has 1 unspecified atom stereocenters. The van der Waals surface area contributed by atoms with E-state index in [4.69, 9.17) is 11.5 Å². The van der Waals surface area contributed by atoms with E-state index in [2.05, 4.69) is 0 Å². The predicted molar refractivity (Wildman–Crippen MR) is 31.3 cm³/mol. The molecule has 54 valence electrons.